The molecule has 4 rings (SSSR count). The summed E-state index contributed by atoms with van der Waals surface area (Å²) < 4.78 is 0. The lowest BCUT2D eigenvalue weighted by Gasteiger charge is -2.30. The van der Waals surface area contributed by atoms with Gasteiger partial charge in [-0.05, 0) is 49.6 Å². The van der Waals surface area contributed by atoms with Gasteiger partial charge >= 0.3 is 0 Å². The quantitative estimate of drug-likeness (QED) is 0.774. The molecule has 31 heavy (non-hydrogen) atoms. The predicted molar refractivity (Wildman–Crippen MR) is 117 cm³/mol. The highest BCUT2D eigenvalue weighted by molar-refractivity contribution is 6.39. The summed E-state index contributed by atoms with van der Waals surface area (Å²) in [6, 6.07) is 15.6. The summed E-state index contributed by atoms with van der Waals surface area (Å²) in [4.78, 5) is 43.6. The number of carbonyl (C=O) groups excluding carboxylic acids is 3. The zero-order valence-corrected chi connectivity index (χ0v) is 17.4. The molecule has 0 aromatic heterocycles. The Labute approximate surface area is 180 Å². The number of amides is 3. The van der Waals surface area contributed by atoms with Crippen LogP contribution in [0.15, 0.2) is 59.6 Å². The van der Waals surface area contributed by atoms with E-state index in [1.165, 1.54) is 5.01 Å². The lowest BCUT2D eigenvalue weighted by molar-refractivity contribution is -0.120. The van der Waals surface area contributed by atoms with Crippen LogP contribution in [0.4, 0.5) is 5.69 Å². The van der Waals surface area contributed by atoms with Crippen molar-refractivity contribution in [2.75, 3.05) is 18.1 Å². The molecule has 0 bridgehead atoms. The maximum Gasteiger partial charge on any atom is 0.288 e. The van der Waals surface area contributed by atoms with E-state index in [-0.39, 0.29) is 24.2 Å². The van der Waals surface area contributed by atoms with Gasteiger partial charge in [0.25, 0.3) is 17.7 Å². The predicted octanol–water partition coefficient (Wildman–Crippen LogP) is 1.88. The van der Waals surface area contributed by atoms with Crippen LogP contribution in [0, 0.1) is 0 Å². The molecule has 1 saturated heterocycles. The van der Waals surface area contributed by atoms with Gasteiger partial charge in [0, 0.05) is 25.2 Å². The number of hydrogen-bond acceptors (Lipinski definition) is 5. The van der Waals surface area contributed by atoms with Crippen molar-refractivity contribution in [1.82, 2.24) is 15.6 Å². The van der Waals surface area contributed by atoms with Crippen LogP contribution < -0.4 is 15.8 Å². The van der Waals surface area contributed by atoms with Gasteiger partial charge in [-0.15, -0.1) is 0 Å². The third kappa shape index (κ3) is 4.58. The largest absolute Gasteiger partial charge is 0.345 e. The van der Waals surface area contributed by atoms with Crippen LogP contribution in [0.25, 0.3) is 0 Å². The molecule has 0 spiro atoms. The van der Waals surface area contributed by atoms with Crippen molar-refractivity contribution in [3.05, 3.63) is 65.7 Å². The molecule has 2 aliphatic heterocycles. The Kier molecular flexibility index (Phi) is 5.97. The Morgan fingerprint density at radius 3 is 2.42 bits per heavy atom. The van der Waals surface area contributed by atoms with Gasteiger partial charge in [0.2, 0.25) is 5.84 Å². The molecule has 2 aliphatic rings. The third-order valence-electron chi connectivity index (χ3n) is 5.39. The van der Waals surface area contributed by atoms with Crippen LogP contribution in [0.2, 0.25) is 0 Å². The first kappa shape index (κ1) is 20.6. The number of nitrogens with one attached hydrogen (secondary N) is 2. The van der Waals surface area contributed by atoms with Crippen molar-refractivity contribution in [3.63, 3.8) is 0 Å². The van der Waals surface area contributed by atoms with E-state index in [9.17, 15) is 14.4 Å². The molecule has 160 valence electrons. The third-order valence-corrected chi connectivity index (χ3v) is 5.39. The highest BCUT2D eigenvalue weighted by atomic mass is 16.2. The molecule has 0 aliphatic carbocycles. The van der Waals surface area contributed by atoms with Crippen LogP contribution in [0.3, 0.4) is 0 Å². The molecule has 0 unspecified atom stereocenters. The first-order chi connectivity index (χ1) is 15.0. The van der Waals surface area contributed by atoms with Gasteiger partial charge in [-0.3, -0.25) is 19.8 Å². The minimum absolute atomic E-state index is 0.0495. The summed E-state index contributed by atoms with van der Waals surface area (Å²) in [5.41, 5.74) is 4.97. The van der Waals surface area contributed by atoms with E-state index < -0.39 is 11.9 Å². The van der Waals surface area contributed by atoms with Crippen LogP contribution in [-0.4, -0.2) is 47.6 Å². The number of amidine groups is 1. The number of para-hydroxylation sites is 1. The number of hydrazine groups is 1. The van der Waals surface area contributed by atoms with Crippen molar-refractivity contribution < 1.29 is 14.4 Å². The lowest BCUT2D eigenvalue weighted by Crippen LogP contribution is -2.57. The van der Waals surface area contributed by atoms with Gasteiger partial charge in [-0.25, -0.2) is 10.0 Å². The first-order valence-electron chi connectivity index (χ1n) is 10.4. The smallest absolute Gasteiger partial charge is 0.288 e. The second-order valence-corrected chi connectivity index (χ2v) is 7.65. The van der Waals surface area contributed by atoms with Gasteiger partial charge < -0.3 is 10.2 Å². The Balaban J connectivity index is 1.37. The van der Waals surface area contributed by atoms with E-state index >= 15 is 0 Å². The molecule has 8 heteroatoms. The Morgan fingerprint density at radius 2 is 1.74 bits per heavy atom. The molecule has 0 radical (unpaired) electrons. The van der Waals surface area contributed by atoms with E-state index in [0.717, 1.165) is 31.5 Å². The molecule has 0 saturated carbocycles. The standard InChI is InChI=1S/C23H25N5O3/c1-16-22(30)28(19-7-3-2-4-8-19)26-20(25-16)21(29)24-15-17-9-11-18(12-10-17)23(31)27-13-5-6-14-27/h2-4,7-12,16H,5-6,13-15H2,1H3,(H,24,29)(H,25,26)/t16-/m0/s1. The number of hydrogen-bond donors (Lipinski definition) is 2. The number of nitrogens with zero attached hydrogens (tertiary/aromatic N) is 3. The number of carbonyl (C=O) groups is 3. The topological polar surface area (TPSA) is 94.1 Å². The van der Waals surface area contributed by atoms with Gasteiger partial charge in [-0.2, -0.15) is 0 Å². The minimum atomic E-state index is -0.668. The average molecular weight is 419 g/mol. The van der Waals surface area contributed by atoms with Crippen molar-refractivity contribution >= 4 is 29.2 Å². The highest BCUT2D eigenvalue weighted by Crippen LogP contribution is 2.16. The van der Waals surface area contributed by atoms with Crippen LogP contribution in [0.1, 0.15) is 35.7 Å². The second-order valence-electron chi connectivity index (χ2n) is 7.65. The summed E-state index contributed by atoms with van der Waals surface area (Å²) in [7, 11) is 0. The SMILES string of the molecule is C[C@@H]1N=C(C(=O)NCc2ccc(C(=O)N3CCCC3)cc2)NN(c2ccccc2)C1=O. The fraction of sp³-hybridized carbons (Fsp3) is 0.304. The highest BCUT2D eigenvalue weighted by Gasteiger charge is 2.30. The maximum atomic E-state index is 12.6. The maximum absolute atomic E-state index is 12.6. The molecule has 2 aromatic rings. The van der Waals surface area contributed by atoms with Crippen LogP contribution in [-0.2, 0) is 16.1 Å². The summed E-state index contributed by atoms with van der Waals surface area (Å²) in [5, 5.41) is 4.15. The Bertz CT molecular complexity index is 998. The van der Waals surface area contributed by atoms with Crippen molar-refractivity contribution in [1.29, 1.82) is 0 Å². The molecule has 2 N–H and O–H groups in total. The van der Waals surface area contributed by atoms with Crippen LogP contribution in [0.5, 0.6) is 0 Å². The molecule has 1 atom stereocenters. The van der Waals surface area contributed by atoms with E-state index in [4.69, 9.17) is 0 Å². The molecule has 1 fully saturated rings. The molecule has 8 nitrogen and oxygen atoms in total. The number of likely N-dealkylation sites (tertiary alicyclic amines) is 1. The number of rotatable bonds is 5. The van der Waals surface area contributed by atoms with Gasteiger partial charge in [-0.1, -0.05) is 30.3 Å². The summed E-state index contributed by atoms with van der Waals surface area (Å²) in [6.07, 6.45) is 2.11. The zero-order valence-electron chi connectivity index (χ0n) is 17.4. The fourth-order valence-electron chi connectivity index (χ4n) is 3.64. The monoisotopic (exact) mass is 419 g/mol. The van der Waals surface area contributed by atoms with Gasteiger partial charge in [0.1, 0.15) is 6.04 Å². The van der Waals surface area contributed by atoms with E-state index in [1.54, 1.807) is 31.2 Å². The average Bonchev–Trinajstić information content (AvgIpc) is 3.34. The van der Waals surface area contributed by atoms with E-state index in [0.29, 0.717) is 11.3 Å². The van der Waals surface area contributed by atoms with Crippen molar-refractivity contribution in [2.45, 2.75) is 32.4 Å². The number of anilines is 1. The number of benzene rings is 2. The lowest BCUT2D eigenvalue weighted by atomic mass is 10.1. The summed E-state index contributed by atoms with van der Waals surface area (Å²) in [5.74, 6) is -0.510. The van der Waals surface area contributed by atoms with Gasteiger partial charge in [0.05, 0.1) is 5.69 Å². The first-order valence-corrected chi connectivity index (χ1v) is 10.4. The van der Waals surface area contributed by atoms with Crippen molar-refractivity contribution in [3.8, 4) is 0 Å². The minimum Gasteiger partial charge on any atom is -0.345 e. The summed E-state index contributed by atoms with van der Waals surface area (Å²) in [6.45, 7) is 3.56. The van der Waals surface area contributed by atoms with E-state index in [2.05, 4.69) is 15.7 Å². The number of aliphatic imine (C=N–C) groups is 1. The Hall–Kier alpha value is -3.68. The molecule has 2 aromatic carbocycles. The van der Waals surface area contributed by atoms with Gasteiger partial charge in [0.15, 0.2) is 0 Å². The Morgan fingerprint density at radius 1 is 1.06 bits per heavy atom. The summed E-state index contributed by atoms with van der Waals surface area (Å²) >= 11 is 0. The fourth-order valence-corrected chi connectivity index (χ4v) is 3.64. The molecule has 2 heterocycles. The van der Waals surface area contributed by atoms with Crippen molar-refractivity contribution in [2.24, 2.45) is 4.99 Å². The zero-order chi connectivity index (χ0) is 21.8. The van der Waals surface area contributed by atoms with E-state index in [1.807, 2.05) is 35.2 Å². The molecule has 3 amide bonds. The molecular weight excluding hydrogens is 394 g/mol. The molecular formula is C23H25N5O3. The van der Waals surface area contributed by atoms with Crippen LogP contribution >= 0.6 is 0 Å². The normalized spacial score (nSPS) is 18.4. The second kappa shape index (κ2) is 8.99.